The molecule has 0 aromatic heterocycles. The zero-order valence-corrected chi connectivity index (χ0v) is 13.2. The van der Waals surface area contributed by atoms with E-state index in [1.54, 1.807) is 19.1 Å². The maximum Gasteiger partial charge on any atom is 0.332 e. The van der Waals surface area contributed by atoms with Gasteiger partial charge in [-0.2, -0.15) is 0 Å². The molecule has 21 heavy (non-hydrogen) atoms. The minimum atomic E-state index is -1.10. The molecule has 2 unspecified atom stereocenters. The van der Waals surface area contributed by atoms with Gasteiger partial charge in [-0.25, -0.2) is 4.79 Å². The number of hydrogen-bond donors (Lipinski definition) is 1. The third kappa shape index (κ3) is 4.72. The molecular formula is C15H19ClO5. The van der Waals surface area contributed by atoms with Crippen molar-refractivity contribution in [1.29, 1.82) is 0 Å². The monoisotopic (exact) mass is 314 g/mol. The number of benzene rings is 1. The molecule has 0 heterocycles. The highest BCUT2D eigenvalue weighted by Crippen LogP contribution is 2.26. The zero-order chi connectivity index (χ0) is 16.2. The molecule has 6 heteroatoms. The highest BCUT2D eigenvalue weighted by Gasteiger charge is 2.25. The maximum atomic E-state index is 12.0. The number of ether oxygens (including phenoxy) is 2. The summed E-state index contributed by atoms with van der Waals surface area (Å²) in [5.41, 5.74) is 1.62. The molecule has 0 spiro atoms. The maximum absolute atomic E-state index is 12.0. The number of aliphatic carboxylic acids is 1. The van der Waals surface area contributed by atoms with E-state index in [1.807, 2.05) is 13.8 Å². The molecule has 1 N–H and O–H groups in total. The predicted octanol–water partition coefficient (Wildman–Crippen LogP) is 2.99. The van der Waals surface area contributed by atoms with Crippen LogP contribution in [0, 0.1) is 19.8 Å². The standard InChI is InChI=1S/C15H19ClO5/c1-8-5-11(6-9(2)13(8)16)21-15(19)10(3)7-12(20-4)14(17)18/h5-6,10,12H,7H2,1-4H3,(H,17,18). The molecule has 0 fully saturated rings. The van der Waals surface area contributed by atoms with Gasteiger partial charge in [0.05, 0.1) is 5.92 Å². The van der Waals surface area contributed by atoms with Gasteiger partial charge >= 0.3 is 11.9 Å². The van der Waals surface area contributed by atoms with E-state index in [2.05, 4.69) is 0 Å². The van der Waals surface area contributed by atoms with Crippen LogP contribution < -0.4 is 4.74 Å². The zero-order valence-electron chi connectivity index (χ0n) is 12.5. The van der Waals surface area contributed by atoms with Gasteiger partial charge in [0.15, 0.2) is 6.10 Å². The Labute approximate surface area is 128 Å². The lowest BCUT2D eigenvalue weighted by Crippen LogP contribution is -2.29. The van der Waals surface area contributed by atoms with Crippen LogP contribution in [0.1, 0.15) is 24.5 Å². The van der Waals surface area contributed by atoms with Crippen LogP contribution in [-0.4, -0.2) is 30.3 Å². The van der Waals surface area contributed by atoms with E-state index in [4.69, 9.17) is 26.2 Å². The molecule has 116 valence electrons. The van der Waals surface area contributed by atoms with E-state index >= 15 is 0 Å². The Bertz CT molecular complexity index is 518. The summed E-state index contributed by atoms with van der Waals surface area (Å²) >= 11 is 6.05. The number of halogens is 1. The van der Waals surface area contributed by atoms with Crippen molar-refractivity contribution in [3.05, 3.63) is 28.3 Å². The molecule has 5 nitrogen and oxygen atoms in total. The molecule has 0 aliphatic rings. The normalized spacial score (nSPS) is 13.6. The Morgan fingerprint density at radius 1 is 1.29 bits per heavy atom. The summed E-state index contributed by atoms with van der Waals surface area (Å²) in [4.78, 5) is 22.9. The number of esters is 1. The SMILES string of the molecule is COC(CC(C)C(=O)Oc1cc(C)c(Cl)c(C)c1)C(=O)O. The van der Waals surface area contributed by atoms with E-state index in [0.717, 1.165) is 11.1 Å². The molecule has 0 saturated carbocycles. The van der Waals surface area contributed by atoms with E-state index in [9.17, 15) is 9.59 Å². The first-order valence-electron chi connectivity index (χ1n) is 6.50. The van der Waals surface area contributed by atoms with Gasteiger partial charge in [0.1, 0.15) is 5.75 Å². The van der Waals surface area contributed by atoms with E-state index in [1.165, 1.54) is 7.11 Å². The van der Waals surface area contributed by atoms with Crippen LogP contribution in [0.4, 0.5) is 0 Å². The topological polar surface area (TPSA) is 72.8 Å². The van der Waals surface area contributed by atoms with E-state index < -0.39 is 24.0 Å². The van der Waals surface area contributed by atoms with Crippen LogP contribution in [0.5, 0.6) is 5.75 Å². The fraction of sp³-hybridized carbons (Fsp3) is 0.467. The van der Waals surface area contributed by atoms with Crippen molar-refractivity contribution in [2.24, 2.45) is 5.92 Å². The minimum Gasteiger partial charge on any atom is -0.479 e. The second-order valence-corrected chi connectivity index (χ2v) is 5.37. The number of hydrogen-bond acceptors (Lipinski definition) is 4. The lowest BCUT2D eigenvalue weighted by atomic mass is 10.0. The van der Waals surface area contributed by atoms with Crippen molar-refractivity contribution in [2.75, 3.05) is 7.11 Å². The molecular weight excluding hydrogens is 296 g/mol. The first-order chi connectivity index (χ1) is 9.76. The van der Waals surface area contributed by atoms with Crippen LogP contribution in [0.2, 0.25) is 5.02 Å². The Kier molecular flexibility index (Phi) is 6.18. The Hall–Kier alpha value is -1.59. The van der Waals surface area contributed by atoms with Gasteiger partial charge < -0.3 is 14.6 Å². The number of carboxylic acid groups (broad SMARTS) is 1. The van der Waals surface area contributed by atoms with Gasteiger partial charge in [-0.05, 0) is 43.5 Å². The van der Waals surface area contributed by atoms with Crippen molar-refractivity contribution in [3.63, 3.8) is 0 Å². The summed E-state index contributed by atoms with van der Waals surface area (Å²) in [6, 6.07) is 3.34. The smallest absolute Gasteiger partial charge is 0.332 e. The summed E-state index contributed by atoms with van der Waals surface area (Å²) in [6.07, 6.45) is -0.975. The summed E-state index contributed by atoms with van der Waals surface area (Å²) in [7, 11) is 1.29. The Morgan fingerprint density at radius 2 is 1.81 bits per heavy atom. The first-order valence-corrected chi connectivity index (χ1v) is 6.88. The fourth-order valence-corrected chi connectivity index (χ4v) is 2.01. The van der Waals surface area contributed by atoms with Crippen LogP contribution >= 0.6 is 11.6 Å². The average molecular weight is 315 g/mol. The second kappa shape index (κ2) is 7.43. The van der Waals surface area contributed by atoms with Gasteiger partial charge in [-0.15, -0.1) is 0 Å². The van der Waals surface area contributed by atoms with Crippen LogP contribution in [0.3, 0.4) is 0 Å². The number of carbonyl (C=O) groups excluding carboxylic acids is 1. The molecule has 1 rings (SSSR count). The molecule has 2 atom stereocenters. The van der Waals surface area contributed by atoms with E-state index in [-0.39, 0.29) is 6.42 Å². The number of rotatable bonds is 6. The van der Waals surface area contributed by atoms with Crippen LogP contribution in [-0.2, 0) is 14.3 Å². The predicted molar refractivity (Wildman–Crippen MR) is 78.8 cm³/mol. The van der Waals surface area contributed by atoms with Crippen LogP contribution in [0.15, 0.2) is 12.1 Å². The first kappa shape index (κ1) is 17.5. The van der Waals surface area contributed by atoms with Crippen molar-refractivity contribution in [2.45, 2.75) is 33.3 Å². The summed E-state index contributed by atoms with van der Waals surface area (Å²) < 4.78 is 10.1. The average Bonchev–Trinajstić information content (AvgIpc) is 2.41. The fourth-order valence-electron chi connectivity index (χ4n) is 1.90. The third-order valence-electron chi connectivity index (χ3n) is 3.16. The van der Waals surface area contributed by atoms with Gasteiger partial charge in [0.25, 0.3) is 0 Å². The lowest BCUT2D eigenvalue weighted by Gasteiger charge is -2.16. The molecule has 0 aliphatic carbocycles. The molecule has 1 aromatic carbocycles. The summed E-state index contributed by atoms with van der Waals surface area (Å²) in [5, 5.41) is 9.54. The number of methoxy groups -OCH3 is 1. The second-order valence-electron chi connectivity index (χ2n) is 4.99. The minimum absolute atomic E-state index is 0.0518. The molecule has 0 amide bonds. The highest BCUT2D eigenvalue weighted by atomic mass is 35.5. The Balaban J connectivity index is 2.74. The van der Waals surface area contributed by atoms with Gasteiger partial charge in [0.2, 0.25) is 0 Å². The number of carbonyl (C=O) groups is 2. The van der Waals surface area contributed by atoms with Crippen molar-refractivity contribution < 1.29 is 24.2 Å². The molecule has 1 aromatic rings. The molecule has 0 bridgehead atoms. The summed E-state index contributed by atoms with van der Waals surface area (Å²) in [5.74, 6) is -1.80. The Morgan fingerprint density at radius 3 is 2.24 bits per heavy atom. The molecule has 0 radical (unpaired) electrons. The van der Waals surface area contributed by atoms with Gasteiger partial charge in [-0.3, -0.25) is 4.79 Å². The highest BCUT2D eigenvalue weighted by molar-refractivity contribution is 6.32. The van der Waals surface area contributed by atoms with Gasteiger partial charge in [-0.1, -0.05) is 18.5 Å². The van der Waals surface area contributed by atoms with Crippen molar-refractivity contribution >= 4 is 23.5 Å². The van der Waals surface area contributed by atoms with E-state index in [0.29, 0.717) is 10.8 Å². The molecule has 0 aliphatic heterocycles. The number of aryl methyl sites for hydroxylation is 2. The number of carboxylic acids is 1. The van der Waals surface area contributed by atoms with Crippen LogP contribution in [0.25, 0.3) is 0 Å². The van der Waals surface area contributed by atoms with Crippen molar-refractivity contribution in [1.82, 2.24) is 0 Å². The quantitative estimate of drug-likeness (QED) is 0.645. The van der Waals surface area contributed by atoms with Gasteiger partial charge in [0, 0.05) is 12.1 Å². The molecule has 0 saturated heterocycles. The lowest BCUT2D eigenvalue weighted by molar-refractivity contribution is -0.151. The largest absolute Gasteiger partial charge is 0.479 e. The third-order valence-corrected chi connectivity index (χ3v) is 3.75. The summed E-state index contributed by atoms with van der Waals surface area (Å²) in [6.45, 7) is 5.25. The van der Waals surface area contributed by atoms with Crippen molar-refractivity contribution in [3.8, 4) is 5.75 Å².